The molecule has 0 spiro atoms. The van der Waals surface area contributed by atoms with Gasteiger partial charge in [0.1, 0.15) is 0 Å². The predicted molar refractivity (Wildman–Crippen MR) is 174 cm³/mol. The largest absolute Gasteiger partial charge is 0.308 e. The van der Waals surface area contributed by atoms with Gasteiger partial charge in [0.25, 0.3) is 0 Å². The minimum atomic E-state index is -3.72. The summed E-state index contributed by atoms with van der Waals surface area (Å²) >= 11 is 0. The Morgan fingerprint density at radius 1 is 0.390 bits per heavy atom. The molecule has 3 rings (SSSR count). The molecule has 0 aliphatic heterocycles. The molecule has 3 heterocycles. The molecular weight excluding hydrogens is 527 g/mol. The van der Waals surface area contributed by atoms with Crippen LogP contribution >= 0.6 is 7.14 Å². The Balaban J connectivity index is 2.87. The van der Waals surface area contributed by atoms with Gasteiger partial charge in [-0.25, -0.2) is 0 Å². The van der Waals surface area contributed by atoms with Gasteiger partial charge in [-0.3, -0.25) is 15.3 Å². The molecule has 0 aliphatic rings. The van der Waals surface area contributed by atoms with E-state index in [9.17, 15) is 0 Å². The fourth-order valence-corrected chi connectivity index (χ4v) is 10.2. The highest BCUT2D eigenvalue weighted by Gasteiger charge is 2.51. The van der Waals surface area contributed by atoms with Crippen LogP contribution in [-0.4, -0.2) is 30.6 Å². The van der Waals surface area contributed by atoms with Gasteiger partial charge < -0.3 is 4.57 Å². The molecule has 7 nitrogen and oxygen atoms in total. The number of hydrogen-bond acceptors (Lipinski definition) is 4. The van der Waals surface area contributed by atoms with E-state index >= 15 is 4.57 Å². The molecule has 0 bridgehead atoms. The zero-order chi connectivity index (χ0) is 31.9. The van der Waals surface area contributed by atoms with Crippen molar-refractivity contribution in [3.8, 4) is 0 Å². The standard InChI is InChI=1S/C33H57N6OP/c1-28(2,3)22-19(23(35-34-22)29(4,5)6)41(40,20-24(30(7,8)9)36-37-25(20)31(10,11)12)21-26(32(13,14)15)38-39-27(21)33(16,17)18/h1-18H3,(H,34,35)(H,36,37)(H,38,39). The molecule has 8 heteroatoms. The first-order valence-electron chi connectivity index (χ1n) is 14.9. The minimum Gasteiger partial charge on any atom is -0.308 e. The van der Waals surface area contributed by atoms with E-state index in [0.29, 0.717) is 0 Å². The quantitative estimate of drug-likeness (QED) is 0.282. The molecular formula is C33H57N6OP. The van der Waals surface area contributed by atoms with Gasteiger partial charge in [0, 0.05) is 32.5 Å². The number of nitrogens with one attached hydrogen (secondary N) is 3. The minimum absolute atomic E-state index is 0.345. The molecule has 3 N–H and O–H groups in total. The van der Waals surface area contributed by atoms with Crippen LogP contribution in [0.2, 0.25) is 0 Å². The van der Waals surface area contributed by atoms with E-state index in [-0.39, 0.29) is 32.5 Å². The van der Waals surface area contributed by atoms with Crippen LogP contribution in [0.4, 0.5) is 0 Å². The van der Waals surface area contributed by atoms with Gasteiger partial charge in [-0.1, -0.05) is 125 Å². The first-order chi connectivity index (χ1) is 18.0. The van der Waals surface area contributed by atoms with Crippen molar-refractivity contribution < 1.29 is 4.57 Å². The number of aromatic nitrogens is 6. The number of H-pyrrole nitrogens is 3. The Morgan fingerprint density at radius 3 is 0.732 bits per heavy atom. The van der Waals surface area contributed by atoms with Crippen LogP contribution in [0, 0.1) is 0 Å². The van der Waals surface area contributed by atoms with Crippen molar-refractivity contribution in [2.45, 2.75) is 157 Å². The summed E-state index contributed by atoms with van der Waals surface area (Å²) in [5, 5.41) is 27.4. The molecule has 230 valence electrons. The molecule has 0 amide bonds. The SMILES string of the molecule is CC(C)(C)c1n[nH]c(C(C)(C)C)c1P(=O)(c1c(C(C)(C)C)n[nH]c1C(C)(C)C)c1c(C(C)(C)C)n[nH]c1C(C)(C)C. The maximum atomic E-state index is 17.2. The zero-order valence-electron chi connectivity index (χ0n) is 29.2. The second-order valence-corrected chi connectivity index (χ2v) is 20.6. The van der Waals surface area contributed by atoms with Gasteiger partial charge in [-0.2, -0.15) is 15.3 Å². The highest BCUT2D eigenvalue weighted by Crippen LogP contribution is 2.54. The highest BCUT2D eigenvalue weighted by atomic mass is 31.2. The Bertz CT molecular complexity index is 1190. The van der Waals surface area contributed by atoms with E-state index in [1.54, 1.807) is 0 Å². The fourth-order valence-electron chi connectivity index (χ4n) is 5.40. The molecule has 0 radical (unpaired) electrons. The molecule has 3 aromatic rings. The Kier molecular flexibility index (Phi) is 7.88. The summed E-state index contributed by atoms with van der Waals surface area (Å²) in [6, 6.07) is 0. The number of nitrogens with zero attached hydrogens (tertiary/aromatic N) is 3. The molecule has 3 aromatic heterocycles. The first-order valence-corrected chi connectivity index (χ1v) is 16.7. The van der Waals surface area contributed by atoms with Gasteiger partial charge in [0.15, 0.2) is 7.14 Å². The van der Waals surface area contributed by atoms with Gasteiger partial charge in [-0.15, -0.1) is 0 Å². The molecule has 0 aromatic carbocycles. The van der Waals surface area contributed by atoms with Crippen molar-refractivity contribution in [2.75, 3.05) is 0 Å². The van der Waals surface area contributed by atoms with Crippen LogP contribution < -0.4 is 15.9 Å². The van der Waals surface area contributed by atoms with E-state index in [2.05, 4.69) is 140 Å². The molecule has 0 aliphatic carbocycles. The van der Waals surface area contributed by atoms with Gasteiger partial charge >= 0.3 is 0 Å². The summed E-state index contributed by atoms with van der Waals surface area (Å²) in [5.41, 5.74) is 3.03. The average Bonchev–Trinajstić information content (AvgIpc) is 3.46. The topological polar surface area (TPSA) is 103 Å². The first kappa shape index (κ1) is 33.4. The Hall–Kier alpha value is -2.14. The lowest BCUT2D eigenvalue weighted by atomic mass is 9.87. The third-order valence-corrected chi connectivity index (χ3v) is 10.7. The maximum absolute atomic E-state index is 17.2. The lowest BCUT2D eigenvalue weighted by Crippen LogP contribution is -2.42. The van der Waals surface area contributed by atoms with Crippen LogP contribution in [0.3, 0.4) is 0 Å². The third-order valence-electron chi connectivity index (χ3n) is 7.55. The van der Waals surface area contributed by atoms with Gasteiger partial charge in [0.05, 0.1) is 50.1 Å². The zero-order valence-corrected chi connectivity index (χ0v) is 30.1. The van der Waals surface area contributed by atoms with Crippen molar-refractivity contribution in [1.82, 2.24) is 30.6 Å². The van der Waals surface area contributed by atoms with Gasteiger partial charge in [-0.05, 0) is 0 Å². The Labute approximate surface area is 249 Å². The summed E-state index contributed by atoms with van der Waals surface area (Å²) in [6.07, 6.45) is 0. The van der Waals surface area contributed by atoms with Crippen LogP contribution in [0.1, 0.15) is 159 Å². The molecule has 0 atom stereocenters. The van der Waals surface area contributed by atoms with Crippen LogP contribution in [0.5, 0.6) is 0 Å². The lowest BCUT2D eigenvalue weighted by molar-refractivity contribution is 0.558. The highest BCUT2D eigenvalue weighted by molar-refractivity contribution is 7.85. The second-order valence-electron chi connectivity index (χ2n) is 18.0. The van der Waals surface area contributed by atoms with Gasteiger partial charge in [0.2, 0.25) is 0 Å². The summed E-state index contributed by atoms with van der Waals surface area (Å²) in [6.45, 7) is 38.8. The summed E-state index contributed by atoms with van der Waals surface area (Å²) in [7, 11) is -3.72. The summed E-state index contributed by atoms with van der Waals surface area (Å²) in [5.74, 6) is 0. The molecule has 0 unspecified atom stereocenters. The lowest BCUT2D eigenvalue weighted by Gasteiger charge is -2.34. The fraction of sp³-hybridized carbons (Fsp3) is 0.727. The molecule has 0 fully saturated rings. The van der Waals surface area contributed by atoms with E-state index in [4.69, 9.17) is 15.3 Å². The second kappa shape index (κ2) is 9.69. The summed E-state index contributed by atoms with van der Waals surface area (Å²) < 4.78 is 17.2. The monoisotopic (exact) mass is 584 g/mol. The van der Waals surface area contributed by atoms with E-state index in [1.165, 1.54) is 0 Å². The molecule has 41 heavy (non-hydrogen) atoms. The van der Waals surface area contributed by atoms with Crippen molar-refractivity contribution in [3.63, 3.8) is 0 Å². The third kappa shape index (κ3) is 5.90. The van der Waals surface area contributed by atoms with Crippen molar-refractivity contribution in [3.05, 3.63) is 34.2 Å². The van der Waals surface area contributed by atoms with Crippen LogP contribution in [0.15, 0.2) is 0 Å². The van der Waals surface area contributed by atoms with Crippen LogP contribution in [-0.2, 0) is 37.1 Å². The predicted octanol–water partition coefficient (Wildman–Crippen LogP) is 7.28. The number of aromatic amines is 3. The van der Waals surface area contributed by atoms with E-state index in [0.717, 1.165) is 50.1 Å². The maximum Gasteiger partial charge on any atom is 0.182 e. The normalized spacial score (nSPS) is 14.7. The van der Waals surface area contributed by atoms with E-state index < -0.39 is 7.14 Å². The average molecular weight is 585 g/mol. The van der Waals surface area contributed by atoms with E-state index in [1.807, 2.05) is 0 Å². The van der Waals surface area contributed by atoms with Crippen molar-refractivity contribution in [1.29, 1.82) is 0 Å². The van der Waals surface area contributed by atoms with Crippen molar-refractivity contribution in [2.24, 2.45) is 0 Å². The number of hydrogen-bond donors (Lipinski definition) is 3. The number of rotatable bonds is 3. The Morgan fingerprint density at radius 2 is 0.585 bits per heavy atom. The van der Waals surface area contributed by atoms with Crippen LogP contribution in [0.25, 0.3) is 0 Å². The smallest absolute Gasteiger partial charge is 0.182 e. The van der Waals surface area contributed by atoms with Crippen molar-refractivity contribution >= 4 is 23.1 Å². The molecule has 0 saturated carbocycles. The summed E-state index contributed by atoms with van der Waals surface area (Å²) in [4.78, 5) is 0. The molecule has 0 saturated heterocycles.